The van der Waals surface area contributed by atoms with Crippen LogP contribution in [0.15, 0.2) is 53.5 Å². The molecule has 184 valence electrons. The molecule has 1 aliphatic heterocycles. The number of thiocarbonyl (C=S) groups is 1. The summed E-state index contributed by atoms with van der Waals surface area (Å²) in [6.45, 7) is 6.45. The van der Waals surface area contributed by atoms with Gasteiger partial charge in [0.05, 0.1) is 11.6 Å². The van der Waals surface area contributed by atoms with Gasteiger partial charge in [0.1, 0.15) is 11.4 Å². The summed E-state index contributed by atoms with van der Waals surface area (Å²) >= 11 is 18.2. The van der Waals surface area contributed by atoms with E-state index >= 15 is 0 Å². The molecule has 2 aliphatic rings. The maximum absolute atomic E-state index is 11.6. The Morgan fingerprint density at radius 1 is 1.20 bits per heavy atom. The molecule has 2 fully saturated rings. The molecule has 2 N–H and O–H groups in total. The van der Waals surface area contributed by atoms with Crippen LogP contribution in [0, 0.1) is 5.41 Å². The number of amidine groups is 1. The summed E-state index contributed by atoms with van der Waals surface area (Å²) in [5.41, 5.74) is 1.30. The normalized spacial score (nSPS) is 19.6. The number of carboxylic acids is 1. The molecular formula is C27H29Cl2N3O2S. The van der Waals surface area contributed by atoms with Crippen LogP contribution >= 0.6 is 35.4 Å². The standard InChI is InChI=1S/C27H29Cl2N3O2S/c1-26(2,3)22(12-10-17-9-11-19(28)16-21(17)29)30-24-27(13-4-5-14-27)32(25(35)31-24)20-8-6-7-18(15-20)23(33)34/h6-12,15-16,22H,4-5,13-14H2,1-3H3,(H,33,34)(H,30,31,35). The van der Waals surface area contributed by atoms with Gasteiger partial charge in [-0.2, -0.15) is 0 Å². The van der Waals surface area contributed by atoms with Crippen LogP contribution in [0.2, 0.25) is 10.0 Å². The number of benzene rings is 2. The van der Waals surface area contributed by atoms with E-state index < -0.39 is 11.5 Å². The SMILES string of the molecule is CC(C)(C)C(C=Cc1ccc(Cl)cc1Cl)N=C1NC(=S)N(c2cccc(C(=O)O)c2)C12CCCC2. The Kier molecular flexibility index (Phi) is 7.28. The maximum Gasteiger partial charge on any atom is 0.335 e. The van der Waals surface area contributed by atoms with E-state index in [2.05, 4.69) is 37.1 Å². The third kappa shape index (κ3) is 5.25. The van der Waals surface area contributed by atoms with Gasteiger partial charge in [-0.25, -0.2) is 4.79 Å². The van der Waals surface area contributed by atoms with Crippen molar-refractivity contribution >= 4 is 64.1 Å². The molecule has 1 spiro atoms. The van der Waals surface area contributed by atoms with Gasteiger partial charge in [0.2, 0.25) is 0 Å². The quantitative estimate of drug-likeness (QED) is 0.400. The lowest BCUT2D eigenvalue weighted by atomic mass is 9.86. The molecule has 5 nitrogen and oxygen atoms in total. The van der Waals surface area contributed by atoms with Gasteiger partial charge < -0.3 is 15.3 Å². The number of anilines is 1. The van der Waals surface area contributed by atoms with Gasteiger partial charge in [-0.15, -0.1) is 0 Å². The highest BCUT2D eigenvalue weighted by atomic mass is 35.5. The minimum absolute atomic E-state index is 0.151. The first-order valence-corrected chi connectivity index (χ1v) is 12.8. The van der Waals surface area contributed by atoms with Crippen molar-refractivity contribution < 1.29 is 9.90 Å². The van der Waals surface area contributed by atoms with E-state index in [1.54, 1.807) is 24.3 Å². The average molecular weight is 531 g/mol. The van der Waals surface area contributed by atoms with Gasteiger partial charge in [-0.1, -0.05) is 81.1 Å². The second-order valence-electron chi connectivity index (χ2n) is 10.2. The highest BCUT2D eigenvalue weighted by molar-refractivity contribution is 7.80. The van der Waals surface area contributed by atoms with E-state index in [4.69, 9.17) is 40.4 Å². The molecule has 1 saturated heterocycles. The first-order chi connectivity index (χ1) is 16.5. The number of aliphatic imine (C=N–C) groups is 1. The van der Waals surface area contributed by atoms with Crippen LogP contribution < -0.4 is 10.2 Å². The average Bonchev–Trinajstić information content (AvgIpc) is 3.36. The number of halogens is 2. The predicted molar refractivity (Wildman–Crippen MR) is 149 cm³/mol. The molecule has 2 aromatic rings. The number of hydrogen-bond acceptors (Lipinski definition) is 3. The molecule has 1 atom stereocenters. The van der Waals surface area contributed by atoms with Crippen LogP contribution in [-0.4, -0.2) is 33.6 Å². The molecule has 0 aromatic heterocycles. The largest absolute Gasteiger partial charge is 0.478 e. The molecule has 1 heterocycles. The smallest absolute Gasteiger partial charge is 0.335 e. The second-order valence-corrected chi connectivity index (χ2v) is 11.4. The van der Waals surface area contributed by atoms with Crippen LogP contribution in [0.25, 0.3) is 6.08 Å². The van der Waals surface area contributed by atoms with Crippen molar-refractivity contribution in [2.24, 2.45) is 10.4 Å². The topological polar surface area (TPSA) is 64.9 Å². The van der Waals surface area contributed by atoms with Crippen LogP contribution in [0.3, 0.4) is 0 Å². The van der Waals surface area contributed by atoms with Crippen molar-refractivity contribution in [3.05, 3.63) is 69.7 Å². The number of carboxylic acid groups (broad SMARTS) is 1. The fraction of sp³-hybridized carbons (Fsp3) is 0.370. The fourth-order valence-electron chi connectivity index (χ4n) is 4.78. The maximum atomic E-state index is 11.6. The van der Waals surface area contributed by atoms with Gasteiger partial charge >= 0.3 is 5.97 Å². The Hall–Kier alpha value is -2.41. The zero-order valence-corrected chi connectivity index (χ0v) is 22.3. The Bertz CT molecular complexity index is 1210. The van der Waals surface area contributed by atoms with Crippen molar-refractivity contribution in [1.29, 1.82) is 0 Å². The number of hydrogen-bond donors (Lipinski definition) is 2. The Labute approximate surface area is 221 Å². The van der Waals surface area contributed by atoms with Gasteiger partial charge in [-0.05, 0) is 66.4 Å². The van der Waals surface area contributed by atoms with E-state index in [1.165, 1.54) is 0 Å². The number of carbonyl (C=O) groups is 1. The number of nitrogens with zero attached hydrogens (tertiary/aromatic N) is 2. The molecule has 0 bridgehead atoms. The van der Waals surface area contributed by atoms with Crippen LogP contribution in [0.4, 0.5) is 5.69 Å². The third-order valence-electron chi connectivity index (χ3n) is 6.66. The minimum atomic E-state index is -0.960. The van der Waals surface area contributed by atoms with Gasteiger partial charge in [0.15, 0.2) is 5.11 Å². The summed E-state index contributed by atoms with van der Waals surface area (Å²) in [7, 11) is 0. The van der Waals surface area contributed by atoms with E-state index in [0.29, 0.717) is 15.2 Å². The summed E-state index contributed by atoms with van der Waals surface area (Å²) in [5.74, 6) is -0.120. The number of nitrogens with one attached hydrogen (secondary N) is 1. The molecule has 2 aromatic carbocycles. The van der Waals surface area contributed by atoms with Gasteiger partial charge in [0, 0.05) is 15.7 Å². The molecule has 8 heteroatoms. The molecule has 1 saturated carbocycles. The summed E-state index contributed by atoms with van der Waals surface area (Å²) in [6, 6.07) is 12.2. The summed E-state index contributed by atoms with van der Waals surface area (Å²) in [5, 5.41) is 14.6. The minimum Gasteiger partial charge on any atom is -0.478 e. The molecule has 35 heavy (non-hydrogen) atoms. The van der Waals surface area contributed by atoms with Gasteiger partial charge in [0.25, 0.3) is 0 Å². The van der Waals surface area contributed by atoms with E-state index in [9.17, 15) is 9.90 Å². The van der Waals surface area contributed by atoms with E-state index in [0.717, 1.165) is 42.8 Å². The lowest BCUT2D eigenvalue weighted by Crippen LogP contribution is -2.48. The summed E-state index contributed by atoms with van der Waals surface area (Å²) in [4.78, 5) is 18.9. The molecule has 0 radical (unpaired) electrons. The third-order valence-corrected chi connectivity index (χ3v) is 7.50. The van der Waals surface area contributed by atoms with E-state index in [-0.39, 0.29) is 17.0 Å². The molecule has 0 amide bonds. The summed E-state index contributed by atoms with van der Waals surface area (Å²) in [6.07, 6.45) is 7.94. The molecule has 1 unspecified atom stereocenters. The monoisotopic (exact) mass is 529 g/mol. The van der Waals surface area contributed by atoms with Gasteiger partial charge in [-0.3, -0.25) is 4.99 Å². The highest BCUT2D eigenvalue weighted by Gasteiger charge is 2.51. The molecule has 1 aliphatic carbocycles. The Morgan fingerprint density at radius 3 is 2.54 bits per heavy atom. The lowest BCUT2D eigenvalue weighted by molar-refractivity contribution is 0.0697. The number of aromatic carboxylic acids is 1. The zero-order valence-electron chi connectivity index (χ0n) is 20.0. The predicted octanol–water partition coefficient (Wildman–Crippen LogP) is 7.23. The van der Waals surface area contributed by atoms with Crippen LogP contribution in [-0.2, 0) is 0 Å². The first kappa shape index (κ1) is 25.7. The second kappa shape index (κ2) is 9.92. The van der Waals surface area contributed by atoms with Crippen molar-refractivity contribution in [1.82, 2.24) is 5.32 Å². The van der Waals surface area contributed by atoms with E-state index in [1.807, 2.05) is 24.3 Å². The molecule has 4 rings (SSSR count). The van der Waals surface area contributed by atoms with Crippen molar-refractivity contribution in [3.63, 3.8) is 0 Å². The highest BCUT2D eigenvalue weighted by Crippen LogP contribution is 2.43. The fourth-order valence-corrected chi connectivity index (χ4v) is 5.63. The molecular weight excluding hydrogens is 501 g/mol. The zero-order chi connectivity index (χ0) is 25.4. The van der Waals surface area contributed by atoms with Crippen LogP contribution in [0.5, 0.6) is 0 Å². The van der Waals surface area contributed by atoms with Crippen molar-refractivity contribution in [2.45, 2.75) is 58.0 Å². The Morgan fingerprint density at radius 2 is 1.91 bits per heavy atom. The number of rotatable bonds is 5. The Balaban J connectivity index is 1.75. The van der Waals surface area contributed by atoms with Crippen LogP contribution in [0.1, 0.15) is 62.4 Å². The first-order valence-electron chi connectivity index (χ1n) is 11.7. The lowest BCUT2D eigenvalue weighted by Gasteiger charge is -2.35. The van der Waals surface area contributed by atoms with Crippen molar-refractivity contribution in [2.75, 3.05) is 4.90 Å². The van der Waals surface area contributed by atoms with Crippen molar-refractivity contribution in [3.8, 4) is 0 Å². The summed E-state index contributed by atoms with van der Waals surface area (Å²) < 4.78 is 0.